The van der Waals surface area contributed by atoms with Gasteiger partial charge in [-0.1, -0.05) is 23.7 Å². The van der Waals surface area contributed by atoms with E-state index < -0.39 is 0 Å². The van der Waals surface area contributed by atoms with Crippen molar-refractivity contribution in [1.29, 1.82) is 0 Å². The Morgan fingerprint density at radius 3 is 2.84 bits per heavy atom. The Morgan fingerprint density at radius 1 is 1.21 bits per heavy atom. The van der Waals surface area contributed by atoms with Crippen LogP contribution >= 0.6 is 23.2 Å². The van der Waals surface area contributed by atoms with Crippen molar-refractivity contribution in [1.82, 2.24) is 9.97 Å². The molecule has 2 nitrogen and oxygen atoms in total. The van der Waals surface area contributed by atoms with E-state index in [1.807, 2.05) is 6.07 Å². The predicted octanol–water partition coefficient (Wildman–Crippen LogP) is 4.20. The Hall–Kier alpha value is -1.19. The molecule has 1 unspecified atom stereocenters. The van der Waals surface area contributed by atoms with Crippen LogP contribution in [0.3, 0.4) is 0 Å². The first-order valence-corrected chi connectivity index (χ1v) is 6.85. The van der Waals surface area contributed by atoms with Crippen molar-refractivity contribution in [2.75, 3.05) is 0 Å². The molecule has 0 saturated heterocycles. The van der Waals surface area contributed by atoms with Crippen molar-refractivity contribution in [3.63, 3.8) is 0 Å². The number of hydrogen-bond acceptors (Lipinski definition) is 2. The topological polar surface area (TPSA) is 25.8 Å². The van der Waals surface area contributed by atoms with Crippen LogP contribution in [0.2, 0.25) is 10.4 Å². The smallest absolute Gasteiger partial charge is 0.223 e. The molecule has 1 atom stereocenters. The molecule has 98 valence electrons. The van der Waals surface area contributed by atoms with Crippen LogP contribution < -0.4 is 0 Å². The van der Waals surface area contributed by atoms with Crippen LogP contribution in [0.1, 0.15) is 29.2 Å². The fourth-order valence-electron chi connectivity index (χ4n) is 2.58. The highest BCUT2D eigenvalue weighted by Crippen LogP contribution is 2.35. The van der Waals surface area contributed by atoms with Gasteiger partial charge in [0.1, 0.15) is 11.0 Å². The van der Waals surface area contributed by atoms with Gasteiger partial charge in [-0.05, 0) is 54.5 Å². The highest BCUT2D eigenvalue weighted by atomic mass is 35.5. The highest BCUT2D eigenvalue weighted by molar-refractivity contribution is 6.32. The van der Waals surface area contributed by atoms with Gasteiger partial charge in [0, 0.05) is 5.56 Å². The monoisotopic (exact) mass is 296 g/mol. The van der Waals surface area contributed by atoms with E-state index in [0.29, 0.717) is 5.15 Å². The normalized spacial score (nSPS) is 18.2. The van der Waals surface area contributed by atoms with Crippen LogP contribution in [0.15, 0.2) is 24.3 Å². The lowest BCUT2D eigenvalue weighted by Crippen LogP contribution is -2.15. The van der Waals surface area contributed by atoms with Gasteiger partial charge in [-0.15, -0.1) is 0 Å². The summed E-state index contributed by atoms with van der Waals surface area (Å²) in [5.74, 6) is 0.0484. The fraction of sp³-hybridized carbons (Fsp3) is 0.286. The third-order valence-corrected chi connectivity index (χ3v) is 4.00. The number of rotatable bonds is 1. The standard InChI is InChI=1S/C14H11Cl2FN2/c15-13-11-7-9(8-2-1-3-10(17)6-8)4-5-12(11)18-14(16)19-13/h1-3,6,9H,4-5,7H2. The van der Waals surface area contributed by atoms with Gasteiger partial charge in [-0.2, -0.15) is 0 Å². The van der Waals surface area contributed by atoms with E-state index in [2.05, 4.69) is 9.97 Å². The van der Waals surface area contributed by atoms with Crippen LogP contribution in [0.4, 0.5) is 4.39 Å². The summed E-state index contributed by atoms with van der Waals surface area (Å²) < 4.78 is 13.3. The molecular formula is C14H11Cl2FN2. The Labute approximate surface area is 120 Å². The first kappa shape index (κ1) is 12.8. The summed E-state index contributed by atoms with van der Waals surface area (Å²) >= 11 is 11.9. The molecule has 1 aromatic carbocycles. The SMILES string of the molecule is Fc1cccc(C2CCc3nc(Cl)nc(Cl)c3C2)c1. The largest absolute Gasteiger partial charge is 0.224 e. The van der Waals surface area contributed by atoms with E-state index in [1.54, 1.807) is 12.1 Å². The third kappa shape index (κ3) is 2.58. The molecule has 1 aromatic heterocycles. The summed E-state index contributed by atoms with van der Waals surface area (Å²) in [5.41, 5.74) is 2.85. The quantitative estimate of drug-likeness (QED) is 0.582. The number of fused-ring (bicyclic) bond motifs is 1. The molecule has 19 heavy (non-hydrogen) atoms. The number of aryl methyl sites for hydroxylation is 1. The first-order chi connectivity index (χ1) is 9.13. The maximum Gasteiger partial charge on any atom is 0.224 e. The minimum atomic E-state index is -0.207. The summed E-state index contributed by atoms with van der Waals surface area (Å²) in [6.07, 6.45) is 2.44. The van der Waals surface area contributed by atoms with Gasteiger partial charge in [0.05, 0.1) is 5.69 Å². The molecule has 5 heteroatoms. The summed E-state index contributed by atoms with van der Waals surface area (Å²) in [7, 11) is 0. The summed E-state index contributed by atoms with van der Waals surface area (Å²) in [6, 6.07) is 6.72. The predicted molar refractivity (Wildman–Crippen MR) is 73.2 cm³/mol. The molecule has 1 heterocycles. The van der Waals surface area contributed by atoms with E-state index in [4.69, 9.17) is 23.2 Å². The van der Waals surface area contributed by atoms with E-state index in [-0.39, 0.29) is 17.0 Å². The van der Waals surface area contributed by atoms with Crippen molar-refractivity contribution in [2.45, 2.75) is 25.2 Å². The van der Waals surface area contributed by atoms with Crippen LogP contribution in [0.5, 0.6) is 0 Å². The van der Waals surface area contributed by atoms with Crippen molar-refractivity contribution < 1.29 is 4.39 Å². The molecule has 0 saturated carbocycles. The lowest BCUT2D eigenvalue weighted by molar-refractivity contribution is 0.562. The number of aromatic nitrogens is 2. The van der Waals surface area contributed by atoms with Gasteiger partial charge in [-0.25, -0.2) is 14.4 Å². The number of benzene rings is 1. The maximum atomic E-state index is 13.3. The van der Waals surface area contributed by atoms with Crippen LogP contribution in [0, 0.1) is 5.82 Å². The lowest BCUT2D eigenvalue weighted by Gasteiger charge is -2.24. The van der Waals surface area contributed by atoms with Crippen molar-refractivity contribution in [2.24, 2.45) is 0 Å². The van der Waals surface area contributed by atoms with Crippen LogP contribution in [0.25, 0.3) is 0 Å². The minimum Gasteiger partial charge on any atom is -0.223 e. The molecule has 0 bridgehead atoms. The number of halogens is 3. The zero-order valence-corrected chi connectivity index (χ0v) is 11.5. The molecule has 0 aliphatic heterocycles. The van der Waals surface area contributed by atoms with Crippen LogP contribution in [-0.4, -0.2) is 9.97 Å². The Kier molecular flexibility index (Phi) is 3.42. The van der Waals surface area contributed by atoms with Gasteiger partial charge >= 0.3 is 0 Å². The second-order valence-electron chi connectivity index (χ2n) is 4.70. The molecule has 0 radical (unpaired) electrons. The number of nitrogens with zero attached hydrogens (tertiary/aromatic N) is 2. The molecule has 3 rings (SSSR count). The molecule has 1 aliphatic rings. The van der Waals surface area contributed by atoms with Gasteiger partial charge < -0.3 is 0 Å². The van der Waals surface area contributed by atoms with E-state index >= 15 is 0 Å². The molecule has 0 amide bonds. The summed E-state index contributed by atoms with van der Waals surface area (Å²) in [6.45, 7) is 0. The van der Waals surface area contributed by atoms with Crippen molar-refractivity contribution in [3.05, 3.63) is 57.3 Å². The molecular weight excluding hydrogens is 286 g/mol. The van der Waals surface area contributed by atoms with Crippen molar-refractivity contribution in [3.8, 4) is 0 Å². The highest BCUT2D eigenvalue weighted by Gasteiger charge is 2.24. The third-order valence-electron chi connectivity index (χ3n) is 3.52. The zero-order valence-electron chi connectivity index (χ0n) is 10.0. The van der Waals surface area contributed by atoms with E-state index in [1.165, 1.54) is 6.07 Å². The minimum absolute atomic E-state index is 0.188. The average Bonchev–Trinajstić information content (AvgIpc) is 2.38. The van der Waals surface area contributed by atoms with Gasteiger partial charge in [-0.3, -0.25) is 0 Å². The van der Waals surface area contributed by atoms with Gasteiger partial charge in [0.2, 0.25) is 5.28 Å². The zero-order chi connectivity index (χ0) is 13.4. The fourth-order valence-corrected chi connectivity index (χ4v) is 3.08. The molecule has 0 fully saturated rings. The molecule has 0 N–H and O–H groups in total. The Balaban J connectivity index is 1.94. The van der Waals surface area contributed by atoms with Crippen molar-refractivity contribution >= 4 is 23.2 Å². The second-order valence-corrected chi connectivity index (χ2v) is 5.40. The summed E-state index contributed by atoms with van der Waals surface area (Å²) in [4.78, 5) is 8.19. The van der Waals surface area contributed by atoms with E-state index in [9.17, 15) is 4.39 Å². The Bertz CT molecular complexity index is 631. The second kappa shape index (κ2) is 5.06. The lowest BCUT2D eigenvalue weighted by atomic mass is 9.83. The van der Waals surface area contributed by atoms with Gasteiger partial charge in [0.15, 0.2) is 0 Å². The molecule has 1 aliphatic carbocycles. The summed E-state index contributed by atoms with van der Waals surface area (Å²) in [5, 5.41) is 0.601. The molecule has 0 spiro atoms. The Morgan fingerprint density at radius 2 is 2.05 bits per heavy atom. The maximum absolute atomic E-state index is 13.3. The first-order valence-electron chi connectivity index (χ1n) is 6.10. The average molecular weight is 297 g/mol. The number of hydrogen-bond donors (Lipinski definition) is 0. The van der Waals surface area contributed by atoms with Crippen LogP contribution in [-0.2, 0) is 12.8 Å². The van der Waals surface area contributed by atoms with Gasteiger partial charge in [0.25, 0.3) is 0 Å². The van der Waals surface area contributed by atoms with E-state index in [0.717, 1.165) is 36.1 Å². The molecule has 2 aromatic rings.